The second-order valence-corrected chi connectivity index (χ2v) is 10.4. The van der Waals surface area contributed by atoms with Gasteiger partial charge in [-0.2, -0.15) is 0 Å². The summed E-state index contributed by atoms with van der Waals surface area (Å²) in [6, 6.07) is 23.3. The van der Waals surface area contributed by atoms with Crippen LogP contribution in [0.1, 0.15) is 19.4 Å². The summed E-state index contributed by atoms with van der Waals surface area (Å²) in [6.07, 6.45) is 0. The number of carbonyl (C=O) groups is 2. The third-order valence-electron chi connectivity index (χ3n) is 5.77. The Morgan fingerprint density at radius 3 is 2.51 bits per heavy atom. The van der Waals surface area contributed by atoms with Gasteiger partial charge in [0.05, 0.1) is 23.9 Å². The first-order valence-corrected chi connectivity index (χ1v) is 13.5. The van der Waals surface area contributed by atoms with Crippen LogP contribution in [0.3, 0.4) is 0 Å². The molecule has 5 rings (SSSR count). The molecule has 9 heteroatoms. The Labute approximate surface area is 224 Å². The minimum absolute atomic E-state index is 0.0919. The van der Waals surface area contributed by atoms with Crippen LogP contribution in [0.25, 0.3) is 0 Å². The smallest absolute Gasteiger partial charge is 0.269 e. The molecule has 0 saturated carbocycles. The molecule has 2 aliphatic rings. The molecule has 2 amide bonds. The van der Waals surface area contributed by atoms with Crippen LogP contribution in [0, 0.1) is 0 Å². The number of ether oxygens (including phenoxy) is 1. The topological polar surface area (TPSA) is 74.2 Å². The SMILES string of the molecule is CCOc1ccc(NC(C)=O)cc1/N=C1\S/C(=C2\Sc3ccccc3N2C)C(=O)N1Cc1ccccc1. The Kier molecular flexibility index (Phi) is 7.25. The van der Waals surface area contributed by atoms with Crippen molar-refractivity contribution >= 4 is 57.6 Å². The van der Waals surface area contributed by atoms with Crippen LogP contribution in [0.15, 0.2) is 92.6 Å². The Hall–Kier alpha value is -3.69. The fraction of sp³-hybridized carbons (Fsp3) is 0.179. The molecule has 3 aromatic rings. The van der Waals surface area contributed by atoms with Gasteiger partial charge in [-0.25, -0.2) is 4.99 Å². The number of amides is 2. The predicted molar refractivity (Wildman–Crippen MR) is 151 cm³/mol. The van der Waals surface area contributed by atoms with Crippen molar-refractivity contribution < 1.29 is 14.3 Å². The lowest BCUT2D eigenvalue weighted by Gasteiger charge is -2.17. The Morgan fingerprint density at radius 1 is 1.03 bits per heavy atom. The van der Waals surface area contributed by atoms with E-state index in [1.54, 1.807) is 34.9 Å². The van der Waals surface area contributed by atoms with Gasteiger partial charge in [-0.3, -0.25) is 14.5 Å². The zero-order valence-corrected chi connectivity index (χ0v) is 22.4. The van der Waals surface area contributed by atoms with Gasteiger partial charge in [-0.05, 0) is 54.6 Å². The highest BCUT2D eigenvalue weighted by Gasteiger charge is 2.39. The van der Waals surface area contributed by atoms with Crippen LogP contribution in [-0.2, 0) is 16.1 Å². The maximum absolute atomic E-state index is 13.9. The van der Waals surface area contributed by atoms with Crippen LogP contribution < -0.4 is 15.0 Å². The normalized spacial score (nSPS) is 17.9. The van der Waals surface area contributed by atoms with Crippen molar-refractivity contribution in [3.63, 3.8) is 0 Å². The number of amidine groups is 1. The van der Waals surface area contributed by atoms with Crippen LogP contribution in [-0.4, -0.2) is 35.5 Å². The van der Waals surface area contributed by atoms with E-state index in [0.717, 1.165) is 21.2 Å². The van der Waals surface area contributed by atoms with E-state index < -0.39 is 0 Å². The summed E-state index contributed by atoms with van der Waals surface area (Å²) >= 11 is 2.95. The minimum atomic E-state index is -0.174. The quantitative estimate of drug-likeness (QED) is 0.382. The number of nitrogens with one attached hydrogen (secondary N) is 1. The predicted octanol–water partition coefficient (Wildman–Crippen LogP) is 6.22. The molecule has 1 N–H and O–H groups in total. The van der Waals surface area contributed by atoms with Gasteiger partial charge in [-0.15, -0.1) is 0 Å². The maximum atomic E-state index is 13.9. The summed E-state index contributed by atoms with van der Waals surface area (Å²) in [5.74, 6) is 0.315. The van der Waals surface area contributed by atoms with Gasteiger partial charge < -0.3 is 15.0 Å². The molecular weight excluding hydrogens is 504 g/mol. The first-order chi connectivity index (χ1) is 17.9. The molecule has 2 aliphatic heterocycles. The van der Waals surface area contributed by atoms with E-state index in [1.807, 2.05) is 56.4 Å². The number of para-hydroxylation sites is 1. The minimum Gasteiger partial charge on any atom is -0.492 e. The van der Waals surface area contributed by atoms with E-state index in [0.29, 0.717) is 40.3 Å². The molecule has 0 atom stereocenters. The average molecular weight is 531 g/mol. The molecule has 0 aromatic heterocycles. The van der Waals surface area contributed by atoms with Crippen LogP contribution in [0.5, 0.6) is 5.75 Å². The van der Waals surface area contributed by atoms with Gasteiger partial charge in [0.15, 0.2) is 5.17 Å². The Bertz CT molecular complexity index is 1420. The second kappa shape index (κ2) is 10.7. The molecule has 0 unspecified atom stereocenters. The van der Waals surface area contributed by atoms with Gasteiger partial charge in [0.2, 0.25) is 5.91 Å². The Morgan fingerprint density at radius 2 is 1.78 bits per heavy atom. The molecule has 0 aliphatic carbocycles. The summed E-state index contributed by atoms with van der Waals surface area (Å²) in [6.45, 7) is 4.22. The molecular formula is C28H26N4O3S2. The number of fused-ring (bicyclic) bond motifs is 1. The third-order valence-corrected chi connectivity index (χ3v) is 8.21. The first kappa shape index (κ1) is 25.0. The van der Waals surface area contributed by atoms with E-state index >= 15 is 0 Å². The zero-order valence-electron chi connectivity index (χ0n) is 20.7. The molecule has 7 nitrogen and oxygen atoms in total. The zero-order chi connectivity index (χ0) is 25.9. The van der Waals surface area contributed by atoms with Crippen LogP contribution >= 0.6 is 23.5 Å². The molecule has 188 valence electrons. The number of aliphatic imine (C=N–C) groups is 1. The highest BCUT2D eigenvalue weighted by atomic mass is 32.2. The highest BCUT2D eigenvalue weighted by Crippen LogP contribution is 2.50. The number of anilines is 2. The molecule has 3 aromatic carbocycles. The standard InChI is InChI=1S/C28H26N4O3S2/c1-4-35-23-15-14-20(29-18(2)33)16-21(23)30-28-32(17-19-10-6-5-7-11-19)26(34)25(37-28)27-31(3)22-12-8-9-13-24(22)36-27/h5-16H,4,17H2,1-3H3,(H,29,33)/b27-25-,30-28-. The van der Waals surface area contributed by atoms with E-state index in [2.05, 4.69) is 22.3 Å². The lowest BCUT2D eigenvalue weighted by atomic mass is 10.2. The van der Waals surface area contributed by atoms with Gasteiger partial charge in [0, 0.05) is 24.6 Å². The average Bonchev–Trinajstić information content (AvgIpc) is 3.37. The van der Waals surface area contributed by atoms with Crippen molar-refractivity contribution in [2.45, 2.75) is 25.3 Å². The summed E-state index contributed by atoms with van der Waals surface area (Å²) in [5.41, 5.74) is 3.23. The number of carbonyl (C=O) groups excluding carboxylic acids is 2. The van der Waals surface area contributed by atoms with Crippen molar-refractivity contribution in [3.8, 4) is 5.75 Å². The van der Waals surface area contributed by atoms with Gasteiger partial charge >= 0.3 is 0 Å². The summed E-state index contributed by atoms with van der Waals surface area (Å²) in [5, 5.41) is 4.24. The fourth-order valence-electron chi connectivity index (χ4n) is 4.09. The number of benzene rings is 3. The largest absolute Gasteiger partial charge is 0.492 e. The van der Waals surface area contributed by atoms with Gasteiger partial charge in [-0.1, -0.05) is 54.2 Å². The number of hydrogen-bond donors (Lipinski definition) is 1. The molecule has 2 heterocycles. The van der Waals surface area contributed by atoms with E-state index in [1.165, 1.54) is 18.7 Å². The fourth-order valence-corrected chi connectivity index (χ4v) is 6.43. The second-order valence-electron chi connectivity index (χ2n) is 8.43. The highest BCUT2D eigenvalue weighted by molar-refractivity contribution is 8.19. The number of rotatable bonds is 6. The molecule has 0 radical (unpaired) electrons. The number of thioether (sulfide) groups is 2. The van der Waals surface area contributed by atoms with Crippen molar-refractivity contribution in [2.24, 2.45) is 4.99 Å². The molecule has 1 fully saturated rings. The maximum Gasteiger partial charge on any atom is 0.269 e. The molecule has 0 bridgehead atoms. The summed E-state index contributed by atoms with van der Waals surface area (Å²) in [4.78, 5) is 35.9. The lowest BCUT2D eigenvalue weighted by molar-refractivity contribution is -0.122. The molecule has 0 spiro atoms. The lowest BCUT2D eigenvalue weighted by Crippen LogP contribution is -2.29. The summed E-state index contributed by atoms with van der Waals surface area (Å²) < 4.78 is 5.82. The van der Waals surface area contributed by atoms with Crippen molar-refractivity contribution in [1.82, 2.24) is 4.90 Å². The van der Waals surface area contributed by atoms with Crippen molar-refractivity contribution in [2.75, 3.05) is 23.9 Å². The van der Waals surface area contributed by atoms with Crippen molar-refractivity contribution in [3.05, 3.63) is 88.3 Å². The number of nitrogens with zero attached hydrogens (tertiary/aromatic N) is 3. The Balaban J connectivity index is 1.58. The molecule has 1 saturated heterocycles. The van der Waals surface area contributed by atoms with Gasteiger partial charge in [0.1, 0.15) is 16.3 Å². The van der Waals surface area contributed by atoms with E-state index in [4.69, 9.17) is 9.73 Å². The molecule has 37 heavy (non-hydrogen) atoms. The van der Waals surface area contributed by atoms with Gasteiger partial charge in [0.25, 0.3) is 5.91 Å². The van der Waals surface area contributed by atoms with E-state index in [9.17, 15) is 9.59 Å². The van der Waals surface area contributed by atoms with Crippen molar-refractivity contribution in [1.29, 1.82) is 0 Å². The number of hydrogen-bond acceptors (Lipinski definition) is 7. The summed E-state index contributed by atoms with van der Waals surface area (Å²) in [7, 11) is 1.98. The van der Waals surface area contributed by atoms with Crippen LogP contribution in [0.2, 0.25) is 0 Å². The monoisotopic (exact) mass is 530 g/mol. The van der Waals surface area contributed by atoms with E-state index in [-0.39, 0.29) is 11.8 Å². The third kappa shape index (κ3) is 5.23. The first-order valence-electron chi connectivity index (χ1n) is 11.9. The van der Waals surface area contributed by atoms with Crippen LogP contribution in [0.4, 0.5) is 17.1 Å².